The Bertz CT molecular complexity index is 1080. The van der Waals surface area contributed by atoms with E-state index in [1.54, 1.807) is 6.08 Å². The molecule has 1 aliphatic heterocycles. The molecule has 1 rings (SSSR count). The molecule has 0 spiro atoms. The number of carbonyl (C=O) groups is 1. The fraction of sp³-hybridized carbons (Fsp3) is 0.949. The topological polar surface area (TPSA) is 149 Å². The van der Waals surface area contributed by atoms with Crippen LogP contribution in [0.4, 0.5) is 0 Å². The van der Waals surface area contributed by atoms with E-state index in [0.717, 1.165) is 38.5 Å². The van der Waals surface area contributed by atoms with Gasteiger partial charge >= 0.3 is 0 Å². The second kappa shape index (κ2) is 49.5. The fourth-order valence-electron chi connectivity index (χ4n) is 9.87. The first-order valence-corrected chi connectivity index (χ1v) is 29.9. The second-order valence-corrected chi connectivity index (χ2v) is 21.2. The molecule has 7 atom stereocenters. The van der Waals surface area contributed by atoms with Crippen LogP contribution >= 0.6 is 0 Å². The van der Waals surface area contributed by atoms with Crippen molar-refractivity contribution in [3.8, 4) is 0 Å². The van der Waals surface area contributed by atoms with Crippen molar-refractivity contribution in [1.82, 2.24) is 5.32 Å². The van der Waals surface area contributed by atoms with Crippen LogP contribution in [-0.2, 0) is 14.3 Å². The molecular weight excluding hydrogens is 851 g/mol. The van der Waals surface area contributed by atoms with Crippen LogP contribution in [0.5, 0.6) is 0 Å². The van der Waals surface area contributed by atoms with E-state index in [1.807, 2.05) is 6.08 Å². The van der Waals surface area contributed by atoms with E-state index >= 15 is 0 Å². The number of carbonyl (C=O) groups excluding carboxylic acids is 1. The number of aliphatic hydroxyl groups excluding tert-OH is 5. The largest absolute Gasteiger partial charge is 0.394 e. The Morgan fingerprint density at radius 1 is 0.485 bits per heavy atom. The van der Waals surface area contributed by atoms with Crippen molar-refractivity contribution in [3.63, 3.8) is 0 Å². The number of hydrogen-bond donors (Lipinski definition) is 6. The van der Waals surface area contributed by atoms with Crippen LogP contribution in [0.2, 0.25) is 0 Å². The van der Waals surface area contributed by atoms with Crippen molar-refractivity contribution in [1.29, 1.82) is 0 Å². The molecule has 7 unspecified atom stereocenters. The van der Waals surface area contributed by atoms with Crippen LogP contribution in [-0.4, -0.2) is 87.5 Å². The fourth-order valence-corrected chi connectivity index (χ4v) is 9.87. The third kappa shape index (κ3) is 38.6. The number of hydrogen-bond acceptors (Lipinski definition) is 8. The quantitative estimate of drug-likeness (QED) is 0.0261. The zero-order valence-corrected chi connectivity index (χ0v) is 44.9. The Balaban J connectivity index is 2.02. The Labute approximate surface area is 420 Å². The van der Waals surface area contributed by atoms with Crippen molar-refractivity contribution in [2.45, 2.75) is 346 Å². The predicted molar refractivity (Wildman–Crippen MR) is 286 cm³/mol. The molecule has 1 amide bonds. The van der Waals surface area contributed by atoms with Crippen LogP contribution in [0.3, 0.4) is 0 Å². The number of ether oxygens (including phenoxy) is 2. The summed E-state index contributed by atoms with van der Waals surface area (Å²) in [6.45, 7) is 3.78. The summed E-state index contributed by atoms with van der Waals surface area (Å²) in [5.41, 5.74) is 0. The molecule has 0 radical (unpaired) electrons. The summed E-state index contributed by atoms with van der Waals surface area (Å²) in [6.07, 6.45) is 54.7. The highest BCUT2D eigenvalue weighted by Gasteiger charge is 2.44. The number of allylic oxidation sites excluding steroid dienone is 1. The normalized spacial score (nSPS) is 19.5. The summed E-state index contributed by atoms with van der Waals surface area (Å²) in [7, 11) is 0. The van der Waals surface area contributed by atoms with E-state index in [1.165, 1.54) is 244 Å². The molecule has 0 aromatic carbocycles. The van der Waals surface area contributed by atoms with Gasteiger partial charge in [-0.3, -0.25) is 4.79 Å². The molecule has 1 aliphatic rings. The van der Waals surface area contributed by atoms with E-state index < -0.39 is 49.5 Å². The molecule has 404 valence electrons. The van der Waals surface area contributed by atoms with Crippen LogP contribution in [0.25, 0.3) is 0 Å². The SMILES string of the molecule is CCCCCCCCCC/C=C/C(O)C(COC1OC(CO)C(O)C(O)C1O)NC(=O)CCCCCCCCCCCCCCCCCCCCCCCCCCCCCCCCCCCCC. The van der Waals surface area contributed by atoms with E-state index in [9.17, 15) is 30.3 Å². The highest BCUT2D eigenvalue weighted by atomic mass is 16.7. The minimum absolute atomic E-state index is 0.172. The zero-order valence-electron chi connectivity index (χ0n) is 44.9. The summed E-state index contributed by atoms with van der Waals surface area (Å²) >= 11 is 0. The maximum Gasteiger partial charge on any atom is 0.220 e. The molecule has 6 N–H and O–H groups in total. The van der Waals surface area contributed by atoms with Crippen LogP contribution in [0, 0.1) is 0 Å². The lowest BCUT2D eigenvalue weighted by molar-refractivity contribution is -0.302. The van der Waals surface area contributed by atoms with Gasteiger partial charge in [-0.1, -0.05) is 289 Å². The van der Waals surface area contributed by atoms with Crippen LogP contribution < -0.4 is 5.32 Å². The van der Waals surface area contributed by atoms with Crippen molar-refractivity contribution in [3.05, 3.63) is 12.2 Å². The number of nitrogens with one attached hydrogen (secondary N) is 1. The first kappa shape index (κ1) is 64.9. The third-order valence-electron chi connectivity index (χ3n) is 14.6. The van der Waals surface area contributed by atoms with Gasteiger partial charge in [-0.05, 0) is 19.3 Å². The first-order chi connectivity index (χ1) is 33.3. The molecule has 0 saturated carbocycles. The van der Waals surface area contributed by atoms with Gasteiger partial charge in [-0.2, -0.15) is 0 Å². The molecule has 0 aliphatic carbocycles. The molecule has 1 fully saturated rings. The molecule has 0 aromatic heterocycles. The van der Waals surface area contributed by atoms with Gasteiger partial charge in [0.05, 0.1) is 25.4 Å². The van der Waals surface area contributed by atoms with Gasteiger partial charge in [-0.25, -0.2) is 0 Å². The van der Waals surface area contributed by atoms with Gasteiger partial charge in [0.1, 0.15) is 24.4 Å². The average molecular weight is 967 g/mol. The van der Waals surface area contributed by atoms with Gasteiger partial charge in [0.15, 0.2) is 6.29 Å². The minimum atomic E-state index is -1.56. The summed E-state index contributed by atoms with van der Waals surface area (Å²) in [4.78, 5) is 13.0. The smallest absolute Gasteiger partial charge is 0.220 e. The minimum Gasteiger partial charge on any atom is -0.394 e. The Hall–Kier alpha value is -1.07. The predicted octanol–water partition coefficient (Wildman–Crippen LogP) is 14.8. The second-order valence-electron chi connectivity index (χ2n) is 21.2. The number of aliphatic hydroxyl groups is 5. The van der Waals surface area contributed by atoms with Crippen molar-refractivity contribution < 1.29 is 39.8 Å². The van der Waals surface area contributed by atoms with Gasteiger partial charge in [-0.15, -0.1) is 0 Å². The summed E-state index contributed by atoms with van der Waals surface area (Å²) in [5, 5.41) is 54.3. The molecular formula is C59H115NO8. The standard InChI is InChI=1S/C59H115NO8/c1-3-5-7-9-11-13-15-16-17-18-19-20-21-22-23-24-25-26-27-28-29-30-31-32-33-34-35-36-37-38-39-41-43-45-47-49-55(63)60-52(51-67-59-58(66)57(65)56(64)54(50-61)68-59)53(62)48-46-44-42-40-14-12-10-8-6-4-2/h46,48,52-54,56-59,61-62,64-66H,3-45,47,49-51H2,1-2H3,(H,60,63)/b48-46+. The van der Waals surface area contributed by atoms with Gasteiger partial charge in [0.2, 0.25) is 5.91 Å². The Morgan fingerprint density at radius 3 is 1.15 bits per heavy atom. The van der Waals surface area contributed by atoms with Crippen LogP contribution in [0.1, 0.15) is 303 Å². The van der Waals surface area contributed by atoms with Crippen molar-refractivity contribution in [2.75, 3.05) is 13.2 Å². The van der Waals surface area contributed by atoms with Crippen molar-refractivity contribution in [2.24, 2.45) is 0 Å². The molecule has 0 bridgehead atoms. The van der Waals surface area contributed by atoms with E-state index in [2.05, 4.69) is 19.2 Å². The van der Waals surface area contributed by atoms with Gasteiger partial charge in [0, 0.05) is 6.42 Å². The maximum atomic E-state index is 13.0. The Morgan fingerprint density at radius 2 is 0.809 bits per heavy atom. The molecule has 0 aromatic rings. The number of amides is 1. The lowest BCUT2D eigenvalue weighted by Crippen LogP contribution is -2.60. The van der Waals surface area contributed by atoms with E-state index in [-0.39, 0.29) is 12.5 Å². The third-order valence-corrected chi connectivity index (χ3v) is 14.6. The van der Waals surface area contributed by atoms with Crippen LogP contribution in [0.15, 0.2) is 12.2 Å². The first-order valence-electron chi connectivity index (χ1n) is 29.9. The number of rotatable bonds is 52. The zero-order chi connectivity index (χ0) is 49.4. The molecule has 1 saturated heterocycles. The van der Waals surface area contributed by atoms with Crippen molar-refractivity contribution >= 4 is 5.91 Å². The summed E-state index contributed by atoms with van der Waals surface area (Å²) in [5.74, 6) is -0.172. The highest BCUT2D eigenvalue weighted by Crippen LogP contribution is 2.23. The van der Waals surface area contributed by atoms with E-state index in [4.69, 9.17) is 9.47 Å². The highest BCUT2D eigenvalue weighted by molar-refractivity contribution is 5.76. The molecule has 68 heavy (non-hydrogen) atoms. The lowest BCUT2D eigenvalue weighted by Gasteiger charge is -2.40. The summed E-state index contributed by atoms with van der Waals surface area (Å²) in [6, 6.07) is -0.798. The maximum absolute atomic E-state index is 13.0. The van der Waals surface area contributed by atoms with Gasteiger partial charge in [0.25, 0.3) is 0 Å². The monoisotopic (exact) mass is 966 g/mol. The lowest BCUT2D eigenvalue weighted by atomic mass is 9.99. The molecule has 9 heteroatoms. The molecule has 9 nitrogen and oxygen atoms in total. The number of unbranched alkanes of at least 4 members (excludes halogenated alkanes) is 42. The van der Waals surface area contributed by atoms with E-state index in [0.29, 0.717) is 6.42 Å². The Kier molecular flexibility index (Phi) is 47.3. The molecule has 1 heterocycles. The average Bonchev–Trinajstić information content (AvgIpc) is 3.34. The summed E-state index contributed by atoms with van der Waals surface area (Å²) < 4.78 is 11.2. The van der Waals surface area contributed by atoms with Gasteiger partial charge < -0.3 is 40.3 Å².